The zero-order chi connectivity index (χ0) is 11.0. The van der Waals surface area contributed by atoms with Gasteiger partial charge in [0.05, 0.1) is 0 Å². The molecule has 1 atom stereocenters. The van der Waals surface area contributed by atoms with Crippen molar-refractivity contribution in [1.82, 2.24) is 10.2 Å². The van der Waals surface area contributed by atoms with Gasteiger partial charge in [-0.05, 0) is 19.4 Å². The first kappa shape index (κ1) is 13.7. The van der Waals surface area contributed by atoms with E-state index in [1.54, 1.807) is 0 Å². The molecular formula is C12H26N2. The number of rotatable bonds is 8. The van der Waals surface area contributed by atoms with Crippen molar-refractivity contribution in [2.75, 3.05) is 26.2 Å². The number of hydrogen-bond donors (Lipinski definition) is 1. The molecule has 0 saturated carbocycles. The normalized spacial score (nSPS) is 13.6. The van der Waals surface area contributed by atoms with E-state index in [0.29, 0.717) is 6.04 Å². The number of nitrogens with one attached hydrogen (secondary N) is 1. The fourth-order valence-electron chi connectivity index (χ4n) is 1.61. The third-order valence-electron chi connectivity index (χ3n) is 2.36. The molecule has 0 aromatic rings. The molecular weight excluding hydrogens is 172 g/mol. The van der Waals surface area contributed by atoms with E-state index >= 15 is 0 Å². The average Bonchev–Trinajstić information content (AvgIpc) is 2.14. The number of likely N-dealkylation sites (N-methyl/N-ethyl adjacent to an activating group) is 1. The maximum Gasteiger partial charge on any atom is 0.0192 e. The zero-order valence-corrected chi connectivity index (χ0v) is 10.2. The van der Waals surface area contributed by atoms with E-state index in [1.807, 2.05) is 6.08 Å². The van der Waals surface area contributed by atoms with Gasteiger partial charge in [0.25, 0.3) is 0 Å². The van der Waals surface area contributed by atoms with Crippen LogP contribution < -0.4 is 5.32 Å². The lowest BCUT2D eigenvalue weighted by atomic mass is 10.1. The largest absolute Gasteiger partial charge is 0.312 e. The Morgan fingerprint density at radius 1 is 1.36 bits per heavy atom. The van der Waals surface area contributed by atoms with Gasteiger partial charge in [-0.25, -0.2) is 0 Å². The van der Waals surface area contributed by atoms with Crippen molar-refractivity contribution in [1.29, 1.82) is 0 Å². The summed E-state index contributed by atoms with van der Waals surface area (Å²) in [7, 11) is 0. The molecule has 0 aromatic heterocycles. The zero-order valence-electron chi connectivity index (χ0n) is 10.2. The molecule has 0 heterocycles. The molecule has 0 saturated heterocycles. The van der Waals surface area contributed by atoms with Gasteiger partial charge in [0, 0.05) is 25.7 Å². The Balaban J connectivity index is 3.78. The van der Waals surface area contributed by atoms with E-state index in [0.717, 1.165) is 25.6 Å². The maximum atomic E-state index is 3.69. The second-order valence-corrected chi connectivity index (χ2v) is 4.28. The van der Waals surface area contributed by atoms with Gasteiger partial charge in [-0.1, -0.05) is 26.8 Å². The van der Waals surface area contributed by atoms with Crippen LogP contribution in [0.1, 0.15) is 27.7 Å². The summed E-state index contributed by atoms with van der Waals surface area (Å²) in [4.78, 5) is 2.51. The van der Waals surface area contributed by atoms with Crippen LogP contribution >= 0.6 is 0 Å². The van der Waals surface area contributed by atoms with Gasteiger partial charge in [-0.2, -0.15) is 0 Å². The molecule has 14 heavy (non-hydrogen) atoms. The first-order valence-electron chi connectivity index (χ1n) is 5.67. The van der Waals surface area contributed by atoms with Crippen LogP contribution in [0, 0.1) is 5.92 Å². The molecule has 2 heteroatoms. The molecule has 1 N–H and O–H groups in total. The van der Waals surface area contributed by atoms with E-state index in [4.69, 9.17) is 0 Å². The van der Waals surface area contributed by atoms with Crippen LogP contribution in [-0.2, 0) is 0 Å². The molecule has 1 unspecified atom stereocenters. The average molecular weight is 198 g/mol. The van der Waals surface area contributed by atoms with Crippen molar-refractivity contribution >= 4 is 0 Å². The van der Waals surface area contributed by atoms with Crippen molar-refractivity contribution < 1.29 is 0 Å². The molecule has 0 aliphatic carbocycles. The highest BCUT2D eigenvalue weighted by Gasteiger charge is 2.12. The van der Waals surface area contributed by atoms with E-state index < -0.39 is 0 Å². The molecule has 0 radical (unpaired) electrons. The highest BCUT2D eigenvalue weighted by molar-refractivity contribution is 4.74. The van der Waals surface area contributed by atoms with Crippen molar-refractivity contribution in [3.8, 4) is 0 Å². The van der Waals surface area contributed by atoms with Crippen molar-refractivity contribution in [3.63, 3.8) is 0 Å². The Labute approximate surface area is 89.4 Å². The first-order chi connectivity index (χ1) is 6.61. The van der Waals surface area contributed by atoms with Crippen molar-refractivity contribution in [2.45, 2.75) is 33.7 Å². The van der Waals surface area contributed by atoms with Gasteiger partial charge in [-0.3, -0.25) is 4.90 Å². The predicted octanol–water partition coefficient (Wildman–Crippen LogP) is 2.13. The van der Waals surface area contributed by atoms with Crippen LogP contribution in [0.25, 0.3) is 0 Å². The number of hydrogen-bond acceptors (Lipinski definition) is 2. The Kier molecular flexibility index (Phi) is 7.81. The van der Waals surface area contributed by atoms with Crippen LogP contribution in [-0.4, -0.2) is 37.1 Å². The summed E-state index contributed by atoms with van der Waals surface area (Å²) in [6.07, 6.45) is 1.91. The smallest absolute Gasteiger partial charge is 0.0192 e. The fourth-order valence-corrected chi connectivity index (χ4v) is 1.61. The second-order valence-electron chi connectivity index (χ2n) is 4.28. The van der Waals surface area contributed by atoms with Crippen LogP contribution in [0.2, 0.25) is 0 Å². The van der Waals surface area contributed by atoms with Gasteiger partial charge >= 0.3 is 0 Å². The molecule has 0 rings (SSSR count). The van der Waals surface area contributed by atoms with E-state index in [1.165, 1.54) is 6.54 Å². The van der Waals surface area contributed by atoms with Crippen LogP contribution in [0.3, 0.4) is 0 Å². The lowest BCUT2D eigenvalue weighted by Crippen LogP contribution is -2.42. The molecule has 2 nitrogen and oxygen atoms in total. The Bertz CT molecular complexity index is 143. The molecule has 0 amide bonds. The Hall–Kier alpha value is -0.340. The number of nitrogens with zero attached hydrogens (tertiary/aromatic N) is 1. The van der Waals surface area contributed by atoms with Gasteiger partial charge in [0.1, 0.15) is 0 Å². The molecule has 0 bridgehead atoms. The third-order valence-corrected chi connectivity index (χ3v) is 2.36. The Morgan fingerprint density at radius 2 is 2.00 bits per heavy atom. The summed E-state index contributed by atoms with van der Waals surface area (Å²) in [6, 6.07) is 0.613. The minimum absolute atomic E-state index is 0.613. The van der Waals surface area contributed by atoms with Crippen molar-refractivity contribution in [3.05, 3.63) is 12.7 Å². The molecule has 0 fully saturated rings. The standard InChI is InChI=1S/C12H26N2/c1-6-8-13-9-12(5)14(7-2)10-11(3)4/h6,11-13H,1,7-10H2,2-5H3. The van der Waals surface area contributed by atoms with Gasteiger partial charge < -0.3 is 5.32 Å². The van der Waals surface area contributed by atoms with Gasteiger partial charge in [0.2, 0.25) is 0 Å². The van der Waals surface area contributed by atoms with Gasteiger partial charge in [-0.15, -0.1) is 6.58 Å². The summed E-state index contributed by atoms with van der Waals surface area (Å²) in [5.41, 5.74) is 0. The summed E-state index contributed by atoms with van der Waals surface area (Å²) >= 11 is 0. The third kappa shape index (κ3) is 6.17. The SMILES string of the molecule is C=CCNCC(C)N(CC)CC(C)C. The monoisotopic (exact) mass is 198 g/mol. The van der Waals surface area contributed by atoms with E-state index in [2.05, 4.69) is 44.5 Å². The van der Waals surface area contributed by atoms with Crippen LogP contribution in [0.4, 0.5) is 0 Å². The maximum absolute atomic E-state index is 3.69. The van der Waals surface area contributed by atoms with Crippen molar-refractivity contribution in [2.24, 2.45) is 5.92 Å². The molecule has 0 aromatic carbocycles. The first-order valence-corrected chi connectivity index (χ1v) is 5.67. The van der Waals surface area contributed by atoms with E-state index in [-0.39, 0.29) is 0 Å². The molecule has 0 aliphatic heterocycles. The lowest BCUT2D eigenvalue weighted by Gasteiger charge is -2.29. The molecule has 0 aliphatic rings. The van der Waals surface area contributed by atoms with Gasteiger partial charge in [0.15, 0.2) is 0 Å². The minimum atomic E-state index is 0.613. The van der Waals surface area contributed by atoms with Crippen LogP contribution in [0.5, 0.6) is 0 Å². The highest BCUT2D eigenvalue weighted by Crippen LogP contribution is 2.03. The predicted molar refractivity (Wildman–Crippen MR) is 64.6 cm³/mol. The molecule has 0 spiro atoms. The molecule has 84 valence electrons. The quantitative estimate of drug-likeness (QED) is 0.475. The Morgan fingerprint density at radius 3 is 2.43 bits per heavy atom. The fraction of sp³-hybridized carbons (Fsp3) is 0.833. The minimum Gasteiger partial charge on any atom is -0.312 e. The summed E-state index contributed by atoms with van der Waals surface area (Å²) in [6.45, 7) is 17.0. The summed E-state index contributed by atoms with van der Waals surface area (Å²) < 4.78 is 0. The summed E-state index contributed by atoms with van der Waals surface area (Å²) in [5, 5.41) is 3.36. The van der Waals surface area contributed by atoms with E-state index in [9.17, 15) is 0 Å². The van der Waals surface area contributed by atoms with Crippen LogP contribution in [0.15, 0.2) is 12.7 Å². The summed E-state index contributed by atoms with van der Waals surface area (Å²) in [5.74, 6) is 0.747. The topological polar surface area (TPSA) is 15.3 Å². The highest BCUT2D eigenvalue weighted by atomic mass is 15.2. The second kappa shape index (κ2) is 8.01. The lowest BCUT2D eigenvalue weighted by molar-refractivity contribution is 0.193.